The number of hydrogen-bond donors (Lipinski definition) is 2. The van der Waals surface area contributed by atoms with Gasteiger partial charge in [0.05, 0.1) is 0 Å². The fraction of sp³-hybridized carbons (Fsp3) is 0.875. The summed E-state index contributed by atoms with van der Waals surface area (Å²) in [5, 5.41) is 0. The summed E-state index contributed by atoms with van der Waals surface area (Å²) in [6, 6.07) is 0. The maximum Gasteiger partial charge on any atom is 0.249 e. The molecule has 0 bridgehead atoms. The van der Waals surface area contributed by atoms with Crippen molar-refractivity contribution in [2.45, 2.75) is 32.1 Å². The highest BCUT2D eigenvalue weighted by Gasteiger charge is 2.47. The number of amidine groups is 1. The van der Waals surface area contributed by atoms with Gasteiger partial charge in [0.2, 0.25) is 5.92 Å². The van der Waals surface area contributed by atoms with Crippen molar-refractivity contribution < 1.29 is 8.78 Å². The lowest BCUT2D eigenvalue weighted by Crippen LogP contribution is -2.47. The second-order valence-corrected chi connectivity index (χ2v) is 3.37. The van der Waals surface area contributed by atoms with Gasteiger partial charge in [-0.2, -0.15) is 0 Å². The van der Waals surface area contributed by atoms with Gasteiger partial charge >= 0.3 is 0 Å². The van der Waals surface area contributed by atoms with Crippen molar-refractivity contribution in [3.63, 3.8) is 0 Å². The summed E-state index contributed by atoms with van der Waals surface area (Å²) in [4.78, 5) is 4.10. The first-order valence-electron chi connectivity index (χ1n) is 4.48. The van der Waals surface area contributed by atoms with E-state index in [1.807, 2.05) is 6.92 Å². The fourth-order valence-electron chi connectivity index (χ4n) is 1.38. The normalized spacial score (nSPS) is 22.6. The van der Waals surface area contributed by atoms with Gasteiger partial charge in [0, 0.05) is 25.3 Å². The van der Waals surface area contributed by atoms with Gasteiger partial charge in [0.1, 0.15) is 5.84 Å². The van der Waals surface area contributed by atoms with E-state index < -0.39 is 5.92 Å². The SMILES string of the molecule is CCCN=C(NN)C1CC(F)(F)C1. The van der Waals surface area contributed by atoms with E-state index in [9.17, 15) is 8.78 Å². The Morgan fingerprint density at radius 3 is 2.62 bits per heavy atom. The van der Waals surface area contributed by atoms with Crippen LogP contribution in [0.25, 0.3) is 0 Å². The zero-order valence-corrected chi connectivity index (χ0v) is 7.69. The average molecular weight is 191 g/mol. The molecule has 0 heterocycles. The van der Waals surface area contributed by atoms with Crippen molar-refractivity contribution in [1.29, 1.82) is 0 Å². The van der Waals surface area contributed by atoms with E-state index in [0.29, 0.717) is 12.4 Å². The van der Waals surface area contributed by atoms with E-state index in [2.05, 4.69) is 10.4 Å². The third kappa shape index (κ3) is 2.62. The molecule has 0 spiro atoms. The molecule has 1 saturated carbocycles. The summed E-state index contributed by atoms with van der Waals surface area (Å²) >= 11 is 0. The van der Waals surface area contributed by atoms with E-state index in [1.165, 1.54) is 0 Å². The van der Waals surface area contributed by atoms with Gasteiger partial charge in [0.25, 0.3) is 0 Å². The Labute approximate surface area is 76.4 Å². The molecule has 0 radical (unpaired) electrons. The Hall–Kier alpha value is -0.710. The Balaban J connectivity index is 2.42. The van der Waals surface area contributed by atoms with Crippen molar-refractivity contribution in [1.82, 2.24) is 5.43 Å². The number of rotatable bonds is 3. The predicted octanol–water partition coefficient (Wildman–Crippen LogP) is 1.30. The number of nitrogens with zero attached hydrogens (tertiary/aromatic N) is 1. The average Bonchev–Trinajstić information content (AvgIpc) is 2.02. The van der Waals surface area contributed by atoms with Gasteiger partial charge in [-0.3, -0.25) is 4.99 Å². The quantitative estimate of drug-likeness (QED) is 0.306. The second kappa shape index (κ2) is 4.00. The van der Waals surface area contributed by atoms with Crippen LogP contribution in [0.15, 0.2) is 4.99 Å². The van der Waals surface area contributed by atoms with E-state index in [1.54, 1.807) is 0 Å². The van der Waals surface area contributed by atoms with E-state index in [0.717, 1.165) is 6.42 Å². The highest BCUT2D eigenvalue weighted by atomic mass is 19.3. The first-order chi connectivity index (χ1) is 6.09. The number of nitrogens with two attached hydrogens (primary N) is 1. The lowest BCUT2D eigenvalue weighted by atomic mass is 9.80. The van der Waals surface area contributed by atoms with Crippen molar-refractivity contribution in [3.05, 3.63) is 0 Å². The molecule has 0 unspecified atom stereocenters. The van der Waals surface area contributed by atoms with Gasteiger partial charge in [-0.05, 0) is 6.42 Å². The van der Waals surface area contributed by atoms with Gasteiger partial charge in [-0.25, -0.2) is 14.6 Å². The molecule has 13 heavy (non-hydrogen) atoms. The molecular formula is C8H15F2N3. The second-order valence-electron chi connectivity index (χ2n) is 3.37. The monoisotopic (exact) mass is 191 g/mol. The first-order valence-corrected chi connectivity index (χ1v) is 4.48. The zero-order valence-electron chi connectivity index (χ0n) is 7.69. The Bertz CT molecular complexity index is 196. The summed E-state index contributed by atoms with van der Waals surface area (Å²) in [5.41, 5.74) is 2.39. The fourth-order valence-corrected chi connectivity index (χ4v) is 1.38. The molecule has 0 aliphatic heterocycles. The van der Waals surface area contributed by atoms with Crippen LogP contribution in [0, 0.1) is 5.92 Å². The molecule has 76 valence electrons. The predicted molar refractivity (Wildman–Crippen MR) is 47.6 cm³/mol. The third-order valence-corrected chi connectivity index (χ3v) is 2.13. The van der Waals surface area contributed by atoms with Crippen LogP contribution >= 0.6 is 0 Å². The van der Waals surface area contributed by atoms with Crippen molar-refractivity contribution in [2.75, 3.05) is 6.54 Å². The molecule has 0 atom stereocenters. The van der Waals surface area contributed by atoms with Crippen LogP contribution in [0.1, 0.15) is 26.2 Å². The van der Waals surface area contributed by atoms with Crippen LogP contribution in [0.3, 0.4) is 0 Å². The first kappa shape index (κ1) is 10.4. The maximum atomic E-state index is 12.5. The molecule has 0 amide bonds. The minimum atomic E-state index is -2.51. The zero-order chi connectivity index (χ0) is 9.90. The highest BCUT2D eigenvalue weighted by molar-refractivity contribution is 5.85. The summed E-state index contributed by atoms with van der Waals surface area (Å²) in [6.45, 7) is 2.62. The molecule has 0 aromatic rings. The minimum absolute atomic E-state index is 0.125. The smallest absolute Gasteiger partial charge is 0.249 e. The van der Waals surface area contributed by atoms with Crippen LogP contribution in [-0.4, -0.2) is 18.3 Å². The minimum Gasteiger partial charge on any atom is -0.312 e. The number of nitrogens with one attached hydrogen (secondary N) is 1. The summed E-state index contributed by atoms with van der Waals surface area (Å²) in [5.74, 6) is 3.03. The summed E-state index contributed by atoms with van der Waals surface area (Å²) in [7, 11) is 0. The number of halogens is 2. The van der Waals surface area contributed by atoms with Crippen molar-refractivity contribution in [3.8, 4) is 0 Å². The summed E-state index contributed by atoms with van der Waals surface area (Å²) in [6.07, 6.45) is 0.647. The molecular weight excluding hydrogens is 176 g/mol. The Morgan fingerprint density at radius 2 is 2.23 bits per heavy atom. The molecule has 0 aromatic carbocycles. The van der Waals surface area contributed by atoms with Gasteiger partial charge in [-0.1, -0.05) is 6.92 Å². The number of hydrogen-bond acceptors (Lipinski definition) is 2. The topological polar surface area (TPSA) is 50.4 Å². The largest absolute Gasteiger partial charge is 0.312 e. The van der Waals surface area contributed by atoms with Gasteiger partial charge < -0.3 is 5.43 Å². The van der Waals surface area contributed by atoms with E-state index in [-0.39, 0.29) is 18.8 Å². The molecule has 1 fully saturated rings. The summed E-state index contributed by atoms with van der Waals surface area (Å²) < 4.78 is 25.0. The van der Waals surface area contributed by atoms with Crippen LogP contribution in [0.4, 0.5) is 8.78 Å². The molecule has 5 heteroatoms. The Morgan fingerprint density at radius 1 is 1.62 bits per heavy atom. The standard InChI is InChI=1S/C8H15F2N3/c1-2-3-12-7(13-11)6-4-8(9,10)5-6/h6H,2-5,11H2,1H3,(H,12,13). The van der Waals surface area contributed by atoms with Crippen LogP contribution in [-0.2, 0) is 0 Å². The van der Waals surface area contributed by atoms with Crippen LogP contribution < -0.4 is 11.3 Å². The number of hydrazine groups is 1. The van der Waals surface area contributed by atoms with Gasteiger partial charge in [-0.15, -0.1) is 0 Å². The molecule has 1 rings (SSSR count). The van der Waals surface area contributed by atoms with E-state index in [4.69, 9.17) is 5.84 Å². The lowest BCUT2D eigenvalue weighted by Gasteiger charge is -2.35. The van der Waals surface area contributed by atoms with Crippen LogP contribution in [0.2, 0.25) is 0 Å². The molecule has 3 nitrogen and oxygen atoms in total. The lowest BCUT2D eigenvalue weighted by molar-refractivity contribution is -0.0917. The molecule has 0 saturated heterocycles. The van der Waals surface area contributed by atoms with Gasteiger partial charge in [0.15, 0.2) is 0 Å². The molecule has 1 aliphatic rings. The third-order valence-electron chi connectivity index (χ3n) is 2.13. The maximum absolute atomic E-state index is 12.5. The van der Waals surface area contributed by atoms with Crippen molar-refractivity contribution >= 4 is 5.84 Å². The molecule has 3 N–H and O–H groups in total. The Kier molecular flexibility index (Phi) is 3.19. The highest BCUT2D eigenvalue weighted by Crippen LogP contribution is 2.42. The number of aliphatic imine (C=N–C) groups is 1. The van der Waals surface area contributed by atoms with E-state index >= 15 is 0 Å². The van der Waals surface area contributed by atoms with Crippen LogP contribution in [0.5, 0.6) is 0 Å². The van der Waals surface area contributed by atoms with Crippen molar-refractivity contribution in [2.24, 2.45) is 16.8 Å². The molecule has 0 aromatic heterocycles. The molecule has 1 aliphatic carbocycles. The number of alkyl halides is 2.